The Balaban J connectivity index is 2.03. The molecular formula is C11H15F3N4. The first-order valence-electron chi connectivity index (χ1n) is 5.70. The van der Waals surface area contributed by atoms with Crippen molar-refractivity contribution in [3.05, 3.63) is 23.9 Å². The summed E-state index contributed by atoms with van der Waals surface area (Å²) in [4.78, 5) is 5.38. The first kappa shape index (κ1) is 13.1. The van der Waals surface area contributed by atoms with E-state index in [9.17, 15) is 13.2 Å². The molecular weight excluding hydrogens is 245 g/mol. The Bertz CT molecular complexity index is 404. The summed E-state index contributed by atoms with van der Waals surface area (Å²) in [5.74, 6) is 5.67. The summed E-state index contributed by atoms with van der Waals surface area (Å²) in [5, 5.41) is 0. The molecule has 3 N–H and O–H groups in total. The third kappa shape index (κ3) is 3.85. The summed E-state index contributed by atoms with van der Waals surface area (Å²) in [7, 11) is 0. The van der Waals surface area contributed by atoms with E-state index in [1.807, 2.05) is 0 Å². The summed E-state index contributed by atoms with van der Waals surface area (Å²) in [6, 6.07) is 3.41. The number of aromatic nitrogens is 1. The fourth-order valence-electron chi connectivity index (χ4n) is 1.87. The molecule has 0 aliphatic heterocycles. The van der Waals surface area contributed by atoms with E-state index in [4.69, 9.17) is 5.84 Å². The number of hydrogen-bond acceptors (Lipinski definition) is 4. The minimum atomic E-state index is -4.16. The summed E-state index contributed by atoms with van der Waals surface area (Å²) >= 11 is 0. The van der Waals surface area contributed by atoms with Gasteiger partial charge in [-0.1, -0.05) is 0 Å². The molecule has 0 spiro atoms. The number of nitrogen functional groups attached to an aromatic ring is 1. The predicted octanol–water partition coefficient (Wildman–Crippen LogP) is 1.89. The molecule has 0 aromatic carbocycles. The predicted molar refractivity (Wildman–Crippen MR) is 61.5 cm³/mol. The molecule has 1 aromatic heterocycles. The van der Waals surface area contributed by atoms with E-state index in [1.54, 1.807) is 12.1 Å². The van der Waals surface area contributed by atoms with Crippen LogP contribution in [-0.4, -0.2) is 28.6 Å². The second kappa shape index (κ2) is 5.11. The number of rotatable bonds is 5. The molecule has 1 aliphatic carbocycles. The zero-order valence-corrected chi connectivity index (χ0v) is 9.74. The van der Waals surface area contributed by atoms with Crippen molar-refractivity contribution in [3.8, 4) is 0 Å². The Morgan fingerprint density at radius 3 is 2.72 bits per heavy atom. The van der Waals surface area contributed by atoms with Gasteiger partial charge >= 0.3 is 6.18 Å². The number of halogens is 3. The van der Waals surface area contributed by atoms with Crippen LogP contribution in [0.4, 0.5) is 19.0 Å². The normalized spacial score (nSPS) is 16.1. The van der Waals surface area contributed by atoms with Crippen molar-refractivity contribution < 1.29 is 13.2 Å². The highest BCUT2D eigenvalue weighted by atomic mass is 19.4. The minimum absolute atomic E-state index is 0.0501. The molecule has 18 heavy (non-hydrogen) atoms. The summed E-state index contributed by atoms with van der Waals surface area (Å²) in [6.07, 6.45) is -0.958. The van der Waals surface area contributed by atoms with Crippen molar-refractivity contribution in [1.29, 1.82) is 0 Å². The van der Waals surface area contributed by atoms with Crippen molar-refractivity contribution in [3.63, 3.8) is 0 Å². The molecule has 1 heterocycles. The van der Waals surface area contributed by atoms with Crippen molar-refractivity contribution in [2.24, 2.45) is 5.84 Å². The van der Waals surface area contributed by atoms with Crippen molar-refractivity contribution in [2.45, 2.75) is 31.6 Å². The Kier molecular flexibility index (Phi) is 3.72. The summed E-state index contributed by atoms with van der Waals surface area (Å²) < 4.78 is 37.4. The average Bonchev–Trinajstić information content (AvgIpc) is 3.10. The van der Waals surface area contributed by atoms with Crippen molar-refractivity contribution in [1.82, 2.24) is 9.88 Å². The third-order valence-corrected chi connectivity index (χ3v) is 2.80. The van der Waals surface area contributed by atoms with Crippen LogP contribution in [0.5, 0.6) is 0 Å². The SMILES string of the molecule is NNc1cc(CN(CC(F)(F)F)C2CC2)ccn1. The highest BCUT2D eigenvalue weighted by Gasteiger charge is 2.37. The number of nitrogens with one attached hydrogen (secondary N) is 1. The van der Waals surface area contributed by atoms with Crippen LogP contribution in [0.25, 0.3) is 0 Å². The number of anilines is 1. The highest BCUT2D eigenvalue weighted by molar-refractivity contribution is 5.35. The number of pyridine rings is 1. The van der Waals surface area contributed by atoms with Crippen molar-refractivity contribution >= 4 is 5.82 Å². The maximum absolute atomic E-state index is 12.5. The van der Waals surface area contributed by atoms with Crippen LogP contribution in [0.15, 0.2) is 18.3 Å². The second-order valence-corrected chi connectivity index (χ2v) is 4.45. The summed E-state index contributed by atoms with van der Waals surface area (Å²) in [5.41, 5.74) is 3.15. The molecule has 7 heteroatoms. The molecule has 1 fully saturated rings. The van der Waals surface area contributed by atoms with Gasteiger partial charge in [-0.05, 0) is 30.5 Å². The monoisotopic (exact) mass is 260 g/mol. The van der Waals surface area contributed by atoms with Crippen molar-refractivity contribution in [2.75, 3.05) is 12.0 Å². The maximum Gasteiger partial charge on any atom is 0.401 e. The topological polar surface area (TPSA) is 54.2 Å². The highest BCUT2D eigenvalue weighted by Crippen LogP contribution is 2.31. The van der Waals surface area contributed by atoms with Crippen LogP contribution in [0.3, 0.4) is 0 Å². The maximum atomic E-state index is 12.5. The largest absolute Gasteiger partial charge is 0.401 e. The summed E-state index contributed by atoms with van der Waals surface area (Å²) in [6.45, 7) is -0.604. The standard InChI is InChI=1S/C11H15F3N4/c12-11(13,14)7-18(9-1-2-9)6-8-3-4-16-10(5-8)17-15/h3-5,9H,1-2,6-7,15H2,(H,16,17). The number of hydrazine groups is 1. The van der Waals surface area contributed by atoms with Crippen LogP contribution in [0, 0.1) is 0 Å². The van der Waals surface area contributed by atoms with Gasteiger partial charge in [0, 0.05) is 18.8 Å². The lowest BCUT2D eigenvalue weighted by Gasteiger charge is -2.23. The zero-order valence-electron chi connectivity index (χ0n) is 9.74. The number of hydrogen-bond donors (Lipinski definition) is 2. The second-order valence-electron chi connectivity index (χ2n) is 4.45. The zero-order chi connectivity index (χ0) is 13.2. The van der Waals surface area contributed by atoms with Gasteiger partial charge in [0.25, 0.3) is 0 Å². The lowest BCUT2D eigenvalue weighted by Crippen LogP contribution is -2.35. The minimum Gasteiger partial charge on any atom is -0.308 e. The van der Waals surface area contributed by atoms with Crippen LogP contribution in [-0.2, 0) is 6.54 Å². The van der Waals surface area contributed by atoms with Gasteiger partial charge in [-0.3, -0.25) is 4.90 Å². The third-order valence-electron chi connectivity index (χ3n) is 2.80. The van der Waals surface area contributed by atoms with Crippen LogP contribution in [0.1, 0.15) is 18.4 Å². The van der Waals surface area contributed by atoms with E-state index < -0.39 is 12.7 Å². The number of alkyl halides is 3. The van der Waals surface area contributed by atoms with E-state index >= 15 is 0 Å². The van der Waals surface area contributed by atoms with Crippen LogP contribution >= 0.6 is 0 Å². The average molecular weight is 260 g/mol. The number of nitrogens with zero attached hydrogens (tertiary/aromatic N) is 2. The Labute approximate surface area is 103 Å². The van der Waals surface area contributed by atoms with Gasteiger partial charge in [-0.15, -0.1) is 0 Å². The lowest BCUT2D eigenvalue weighted by molar-refractivity contribution is -0.148. The quantitative estimate of drug-likeness (QED) is 0.627. The van der Waals surface area contributed by atoms with Crippen LogP contribution in [0.2, 0.25) is 0 Å². The fraction of sp³-hybridized carbons (Fsp3) is 0.545. The van der Waals surface area contributed by atoms with Gasteiger partial charge in [0.1, 0.15) is 5.82 Å². The molecule has 1 saturated carbocycles. The van der Waals surface area contributed by atoms with E-state index in [2.05, 4.69) is 10.4 Å². The molecule has 4 nitrogen and oxygen atoms in total. The van der Waals surface area contributed by atoms with Gasteiger partial charge in [0.2, 0.25) is 0 Å². The Morgan fingerprint density at radius 2 is 2.17 bits per heavy atom. The molecule has 0 amide bonds. The van der Waals surface area contributed by atoms with Gasteiger partial charge in [0.15, 0.2) is 0 Å². The van der Waals surface area contributed by atoms with E-state index in [-0.39, 0.29) is 12.6 Å². The van der Waals surface area contributed by atoms with E-state index in [0.29, 0.717) is 5.82 Å². The Morgan fingerprint density at radius 1 is 1.44 bits per heavy atom. The molecule has 100 valence electrons. The molecule has 2 rings (SSSR count). The molecule has 0 unspecified atom stereocenters. The Hall–Kier alpha value is -1.34. The molecule has 1 aliphatic rings. The first-order chi connectivity index (χ1) is 8.48. The van der Waals surface area contributed by atoms with Gasteiger partial charge in [0.05, 0.1) is 6.54 Å². The van der Waals surface area contributed by atoms with Gasteiger partial charge in [-0.25, -0.2) is 10.8 Å². The lowest BCUT2D eigenvalue weighted by atomic mass is 10.2. The number of nitrogens with two attached hydrogens (primary N) is 1. The van der Waals surface area contributed by atoms with Gasteiger partial charge in [-0.2, -0.15) is 13.2 Å². The molecule has 0 saturated heterocycles. The van der Waals surface area contributed by atoms with Gasteiger partial charge < -0.3 is 5.43 Å². The fourth-order valence-corrected chi connectivity index (χ4v) is 1.87. The van der Waals surface area contributed by atoms with E-state index in [0.717, 1.165) is 18.4 Å². The molecule has 0 bridgehead atoms. The first-order valence-corrected chi connectivity index (χ1v) is 5.70. The van der Waals surface area contributed by atoms with Crippen LogP contribution < -0.4 is 11.3 Å². The molecule has 0 atom stereocenters. The van der Waals surface area contributed by atoms with E-state index in [1.165, 1.54) is 11.1 Å². The molecule has 1 aromatic rings. The molecule has 0 radical (unpaired) electrons. The smallest absolute Gasteiger partial charge is 0.308 e.